The molecule has 0 radical (unpaired) electrons. The Kier molecular flexibility index (Phi) is 3.64. The summed E-state index contributed by atoms with van der Waals surface area (Å²) in [6, 6.07) is 5.17. The predicted molar refractivity (Wildman–Crippen MR) is 70.9 cm³/mol. The van der Waals surface area contributed by atoms with Gasteiger partial charge >= 0.3 is 0 Å². The first-order valence-electron chi connectivity index (χ1n) is 5.53. The maximum atomic E-state index is 11.4. The third-order valence-electron chi connectivity index (χ3n) is 2.74. The van der Waals surface area contributed by atoms with E-state index < -0.39 is 10.0 Å². The Morgan fingerprint density at radius 3 is 2.10 bits per heavy atom. The minimum atomic E-state index is -3.95. The highest BCUT2D eigenvalue weighted by atomic mass is 32.2. The van der Waals surface area contributed by atoms with Gasteiger partial charge in [-0.25, -0.2) is 13.6 Å². The maximum absolute atomic E-state index is 11.4. The number of ether oxygens (including phenoxy) is 2. The van der Waals surface area contributed by atoms with Crippen LogP contribution < -0.4 is 14.6 Å². The zero-order valence-electron chi connectivity index (χ0n) is 11.2. The molecule has 9 heteroatoms. The van der Waals surface area contributed by atoms with E-state index in [9.17, 15) is 8.42 Å². The van der Waals surface area contributed by atoms with Crippen molar-refractivity contribution in [1.29, 1.82) is 0 Å². The molecule has 0 aliphatic heterocycles. The molecule has 0 saturated heterocycles. The van der Waals surface area contributed by atoms with Crippen molar-refractivity contribution >= 4 is 10.0 Å². The topological polar surface area (TPSA) is 109 Å². The molecule has 2 N–H and O–H groups in total. The fourth-order valence-corrected chi connectivity index (χ4v) is 2.47. The van der Waals surface area contributed by atoms with Gasteiger partial charge in [-0.15, -0.1) is 10.2 Å². The van der Waals surface area contributed by atoms with Crippen LogP contribution in [-0.4, -0.2) is 37.4 Å². The Labute approximate surface area is 116 Å². The van der Waals surface area contributed by atoms with Gasteiger partial charge < -0.3 is 9.47 Å². The summed E-state index contributed by atoms with van der Waals surface area (Å²) in [5.74, 6) is 1.25. The zero-order chi connectivity index (χ0) is 14.9. The van der Waals surface area contributed by atoms with Crippen molar-refractivity contribution in [1.82, 2.24) is 14.8 Å². The molecule has 0 aliphatic carbocycles. The number of rotatable bonds is 4. The number of hydrogen-bond acceptors (Lipinski definition) is 6. The first-order chi connectivity index (χ1) is 9.40. The highest BCUT2D eigenvalue weighted by Crippen LogP contribution is 2.37. The first-order valence-corrected chi connectivity index (χ1v) is 7.08. The molecule has 0 amide bonds. The predicted octanol–water partition coefficient (Wildman–Crippen LogP) is 0.147. The number of methoxy groups -OCH3 is 2. The maximum Gasteiger partial charge on any atom is 0.273 e. The largest absolute Gasteiger partial charge is 0.496 e. The molecular weight excluding hydrogens is 284 g/mol. The van der Waals surface area contributed by atoms with E-state index in [2.05, 4.69) is 10.2 Å². The average molecular weight is 298 g/mol. The van der Waals surface area contributed by atoms with Crippen LogP contribution in [0, 0.1) is 0 Å². The molecule has 0 atom stereocenters. The summed E-state index contributed by atoms with van der Waals surface area (Å²) < 4.78 is 34.6. The number of hydrogen-bond donors (Lipinski definition) is 1. The Morgan fingerprint density at radius 1 is 1.15 bits per heavy atom. The Morgan fingerprint density at radius 2 is 1.70 bits per heavy atom. The van der Waals surface area contributed by atoms with Crippen LogP contribution in [0.3, 0.4) is 0 Å². The van der Waals surface area contributed by atoms with Crippen molar-refractivity contribution in [2.24, 2.45) is 12.2 Å². The van der Waals surface area contributed by atoms with E-state index in [0.29, 0.717) is 17.1 Å². The van der Waals surface area contributed by atoms with Crippen LogP contribution >= 0.6 is 0 Å². The van der Waals surface area contributed by atoms with Crippen molar-refractivity contribution in [3.8, 4) is 22.9 Å². The number of nitrogens with zero attached hydrogens (tertiary/aromatic N) is 3. The molecule has 0 spiro atoms. The smallest absolute Gasteiger partial charge is 0.273 e. The summed E-state index contributed by atoms with van der Waals surface area (Å²) in [5.41, 5.74) is 0.502. The number of benzene rings is 1. The van der Waals surface area contributed by atoms with Crippen LogP contribution in [0.2, 0.25) is 0 Å². The van der Waals surface area contributed by atoms with Crippen LogP contribution in [0.5, 0.6) is 11.5 Å². The Hall–Kier alpha value is -2.13. The molecule has 0 saturated carbocycles. The fraction of sp³-hybridized carbons (Fsp3) is 0.273. The van der Waals surface area contributed by atoms with Crippen molar-refractivity contribution in [2.45, 2.75) is 5.16 Å². The van der Waals surface area contributed by atoms with Gasteiger partial charge in [0.05, 0.1) is 14.2 Å². The summed E-state index contributed by atoms with van der Waals surface area (Å²) in [4.78, 5) is 0. The van der Waals surface area contributed by atoms with Crippen LogP contribution in [0.25, 0.3) is 11.4 Å². The molecule has 108 valence electrons. The average Bonchev–Trinajstić information content (AvgIpc) is 2.79. The molecule has 20 heavy (non-hydrogen) atoms. The Balaban J connectivity index is 2.73. The van der Waals surface area contributed by atoms with Crippen LogP contribution in [0.15, 0.2) is 23.4 Å². The lowest BCUT2D eigenvalue weighted by atomic mass is 10.1. The highest BCUT2D eigenvalue weighted by Gasteiger charge is 2.23. The molecule has 2 aromatic rings. The van der Waals surface area contributed by atoms with E-state index in [1.807, 2.05) is 0 Å². The molecule has 1 aromatic heterocycles. The SMILES string of the molecule is COc1cccc(OC)c1-c1nnc(S(N)(=O)=O)n1C. The van der Waals surface area contributed by atoms with Gasteiger partial charge in [-0.1, -0.05) is 6.07 Å². The molecule has 8 nitrogen and oxygen atoms in total. The van der Waals surface area contributed by atoms with E-state index in [0.717, 1.165) is 0 Å². The summed E-state index contributed by atoms with van der Waals surface area (Å²) in [7, 11) is 0.539. The van der Waals surface area contributed by atoms with Gasteiger partial charge in [0.1, 0.15) is 17.1 Å². The Bertz CT molecular complexity index is 717. The molecule has 2 rings (SSSR count). The molecule has 0 aliphatic rings. The molecule has 0 bridgehead atoms. The second-order valence-corrected chi connectivity index (χ2v) is 5.40. The van der Waals surface area contributed by atoms with Crippen molar-refractivity contribution in [3.63, 3.8) is 0 Å². The van der Waals surface area contributed by atoms with Gasteiger partial charge in [-0.05, 0) is 12.1 Å². The van der Waals surface area contributed by atoms with Crippen LogP contribution in [-0.2, 0) is 17.1 Å². The fourth-order valence-electron chi connectivity index (χ4n) is 1.85. The highest BCUT2D eigenvalue weighted by molar-refractivity contribution is 7.89. The van der Waals surface area contributed by atoms with E-state index in [1.54, 1.807) is 18.2 Å². The third kappa shape index (κ3) is 2.32. The van der Waals surface area contributed by atoms with Gasteiger partial charge in [-0.3, -0.25) is 4.57 Å². The van der Waals surface area contributed by atoms with Crippen molar-refractivity contribution < 1.29 is 17.9 Å². The monoisotopic (exact) mass is 298 g/mol. The summed E-state index contributed by atoms with van der Waals surface area (Å²) in [5, 5.41) is 12.2. The van der Waals surface area contributed by atoms with Gasteiger partial charge in [0.25, 0.3) is 15.2 Å². The van der Waals surface area contributed by atoms with Crippen molar-refractivity contribution in [2.75, 3.05) is 14.2 Å². The lowest BCUT2D eigenvalue weighted by Crippen LogP contribution is -2.17. The molecular formula is C11H14N4O4S. The number of nitrogens with two attached hydrogens (primary N) is 1. The minimum Gasteiger partial charge on any atom is -0.496 e. The minimum absolute atomic E-state index is 0.281. The summed E-state index contributed by atoms with van der Waals surface area (Å²) >= 11 is 0. The molecule has 0 fully saturated rings. The lowest BCUT2D eigenvalue weighted by molar-refractivity contribution is 0.396. The van der Waals surface area contributed by atoms with Gasteiger partial charge in [0.15, 0.2) is 5.82 Å². The van der Waals surface area contributed by atoms with Crippen LogP contribution in [0.4, 0.5) is 0 Å². The van der Waals surface area contributed by atoms with Gasteiger partial charge in [0.2, 0.25) is 0 Å². The van der Waals surface area contributed by atoms with E-state index in [-0.39, 0.29) is 11.0 Å². The van der Waals surface area contributed by atoms with Gasteiger partial charge in [0, 0.05) is 7.05 Å². The van der Waals surface area contributed by atoms with E-state index in [1.165, 1.54) is 25.8 Å². The zero-order valence-corrected chi connectivity index (χ0v) is 12.0. The number of primary sulfonamides is 1. The summed E-state index contributed by atoms with van der Waals surface area (Å²) in [6.07, 6.45) is 0. The van der Waals surface area contributed by atoms with E-state index in [4.69, 9.17) is 14.6 Å². The second kappa shape index (κ2) is 5.10. The standard InChI is InChI=1S/C11H14N4O4S/c1-15-10(13-14-11(15)20(12,16)17)9-7(18-2)5-4-6-8(9)19-3/h4-6H,1-3H3,(H2,12,16,17). The van der Waals surface area contributed by atoms with Crippen molar-refractivity contribution in [3.05, 3.63) is 18.2 Å². The summed E-state index contributed by atoms with van der Waals surface area (Å²) in [6.45, 7) is 0. The third-order valence-corrected chi connectivity index (χ3v) is 3.61. The second-order valence-electron chi connectivity index (χ2n) is 3.95. The number of aromatic nitrogens is 3. The molecule has 1 heterocycles. The lowest BCUT2D eigenvalue weighted by Gasteiger charge is -2.12. The molecule has 1 aromatic carbocycles. The number of sulfonamides is 1. The van der Waals surface area contributed by atoms with Crippen LogP contribution in [0.1, 0.15) is 0 Å². The van der Waals surface area contributed by atoms with Gasteiger partial charge in [-0.2, -0.15) is 0 Å². The normalized spacial score (nSPS) is 11.4. The molecule has 0 unspecified atom stereocenters. The quantitative estimate of drug-likeness (QED) is 0.860. The van der Waals surface area contributed by atoms with E-state index >= 15 is 0 Å². The first kappa shape index (κ1) is 14.3.